The minimum Gasteiger partial charge on any atom is -0.482 e. The summed E-state index contributed by atoms with van der Waals surface area (Å²) >= 11 is 0. The van der Waals surface area contributed by atoms with Crippen LogP contribution < -0.4 is 15.4 Å². The van der Waals surface area contributed by atoms with Crippen LogP contribution in [0.1, 0.15) is 6.92 Å². The van der Waals surface area contributed by atoms with Crippen LogP contribution in [0.3, 0.4) is 0 Å². The molecular formula is C20H23N3O6S. The van der Waals surface area contributed by atoms with E-state index < -0.39 is 15.9 Å². The van der Waals surface area contributed by atoms with Crippen LogP contribution in [0.5, 0.6) is 5.75 Å². The quantitative estimate of drug-likeness (QED) is 0.687. The highest BCUT2D eigenvalue weighted by Crippen LogP contribution is 2.24. The van der Waals surface area contributed by atoms with E-state index in [1.54, 1.807) is 36.4 Å². The fourth-order valence-corrected chi connectivity index (χ4v) is 4.35. The second-order valence-corrected chi connectivity index (χ2v) is 8.50. The molecular weight excluding hydrogens is 410 g/mol. The molecule has 10 heteroatoms. The van der Waals surface area contributed by atoms with Gasteiger partial charge in [0, 0.05) is 25.7 Å². The van der Waals surface area contributed by atoms with Gasteiger partial charge in [0.1, 0.15) is 5.75 Å². The molecule has 0 radical (unpaired) electrons. The Morgan fingerprint density at radius 2 is 1.80 bits per heavy atom. The van der Waals surface area contributed by atoms with Crippen molar-refractivity contribution in [2.75, 3.05) is 43.5 Å². The van der Waals surface area contributed by atoms with Crippen LogP contribution in [0.4, 0.5) is 11.4 Å². The van der Waals surface area contributed by atoms with Crippen molar-refractivity contribution in [1.82, 2.24) is 4.31 Å². The van der Waals surface area contributed by atoms with Crippen molar-refractivity contribution < 1.29 is 27.5 Å². The molecule has 2 N–H and O–H groups in total. The molecule has 9 nitrogen and oxygen atoms in total. The van der Waals surface area contributed by atoms with Gasteiger partial charge < -0.3 is 20.1 Å². The lowest BCUT2D eigenvalue weighted by Crippen LogP contribution is -2.40. The summed E-state index contributed by atoms with van der Waals surface area (Å²) in [7, 11) is -3.66. The number of nitrogens with zero attached hydrogens (tertiary/aromatic N) is 1. The molecule has 0 aromatic heterocycles. The van der Waals surface area contributed by atoms with E-state index in [4.69, 9.17) is 9.47 Å². The lowest BCUT2D eigenvalue weighted by Gasteiger charge is -2.26. The van der Waals surface area contributed by atoms with Gasteiger partial charge in [-0.15, -0.1) is 0 Å². The summed E-state index contributed by atoms with van der Waals surface area (Å²) in [5, 5.41) is 5.26. The molecule has 0 bridgehead atoms. The number of hydrogen-bond donors (Lipinski definition) is 2. The number of hydrogen-bond acceptors (Lipinski definition) is 6. The van der Waals surface area contributed by atoms with Crippen LogP contribution >= 0.6 is 0 Å². The van der Waals surface area contributed by atoms with Gasteiger partial charge in [-0.1, -0.05) is 18.2 Å². The molecule has 0 spiro atoms. The molecule has 0 saturated carbocycles. The zero-order valence-corrected chi connectivity index (χ0v) is 17.3. The molecule has 2 amide bonds. The molecule has 30 heavy (non-hydrogen) atoms. The molecule has 1 heterocycles. The third kappa shape index (κ3) is 5.56. The molecule has 2 aromatic carbocycles. The lowest BCUT2D eigenvalue weighted by atomic mass is 10.3. The summed E-state index contributed by atoms with van der Waals surface area (Å²) in [5.41, 5.74) is 0.796. The Balaban J connectivity index is 1.64. The first-order valence-electron chi connectivity index (χ1n) is 9.33. The molecule has 0 atom stereocenters. The Labute approximate surface area is 175 Å². The third-order valence-corrected chi connectivity index (χ3v) is 6.18. The van der Waals surface area contributed by atoms with Crippen LogP contribution in [0.2, 0.25) is 0 Å². The second-order valence-electron chi connectivity index (χ2n) is 6.56. The number of rotatable bonds is 7. The summed E-state index contributed by atoms with van der Waals surface area (Å²) in [4.78, 5) is 23.6. The van der Waals surface area contributed by atoms with Crippen molar-refractivity contribution in [3.05, 3.63) is 48.5 Å². The zero-order chi connectivity index (χ0) is 21.6. The minimum absolute atomic E-state index is 0.0964. The van der Waals surface area contributed by atoms with Gasteiger partial charge >= 0.3 is 0 Å². The topological polar surface area (TPSA) is 114 Å². The summed E-state index contributed by atoms with van der Waals surface area (Å²) in [6, 6.07) is 12.8. The first kappa shape index (κ1) is 21.8. The Hall–Kier alpha value is -2.95. The molecule has 1 aliphatic heterocycles. The maximum Gasteiger partial charge on any atom is 0.262 e. The van der Waals surface area contributed by atoms with E-state index in [1.807, 2.05) is 0 Å². The summed E-state index contributed by atoms with van der Waals surface area (Å²) in [6.07, 6.45) is 0. The summed E-state index contributed by atoms with van der Waals surface area (Å²) in [5.74, 6) is -0.367. The van der Waals surface area contributed by atoms with E-state index in [0.29, 0.717) is 43.4 Å². The number of sulfonamides is 1. The average molecular weight is 433 g/mol. The molecule has 0 unspecified atom stereocenters. The van der Waals surface area contributed by atoms with Crippen LogP contribution in [0.25, 0.3) is 0 Å². The highest BCUT2D eigenvalue weighted by atomic mass is 32.2. The van der Waals surface area contributed by atoms with Crippen molar-refractivity contribution in [2.45, 2.75) is 11.8 Å². The fraction of sp³-hybridized carbons (Fsp3) is 0.300. The van der Waals surface area contributed by atoms with Gasteiger partial charge in [0.2, 0.25) is 15.9 Å². The van der Waals surface area contributed by atoms with Gasteiger partial charge in [0.25, 0.3) is 5.91 Å². The van der Waals surface area contributed by atoms with Crippen LogP contribution in [0, 0.1) is 0 Å². The van der Waals surface area contributed by atoms with Crippen LogP contribution in [-0.2, 0) is 24.3 Å². The first-order valence-corrected chi connectivity index (χ1v) is 10.8. The molecule has 1 saturated heterocycles. The molecule has 3 rings (SSSR count). The van der Waals surface area contributed by atoms with E-state index in [1.165, 1.54) is 23.4 Å². The fourth-order valence-electron chi connectivity index (χ4n) is 2.90. The number of anilines is 2. The predicted octanol–water partition coefficient (Wildman–Crippen LogP) is 1.68. The predicted molar refractivity (Wildman–Crippen MR) is 111 cm³/mol. The number of morpholine rings is 1. The third-order valence-electron chi connectivity index (χ3n) is 4.28. The van der Waals surface area contributed by atoms with Gasteiger partial charge in [0.15, 0.2) is 6.61 Å². The molecule has 1 fully saturated rings. The zero-order valence-electron chi connectivity index (χ0n) is 16.5. The molecule has 2 aromatic rings. The first-order chi connectivity index (χ1) is 14.4. The number of ether oxygens (including phenoxy) is 2. The number of amides is 2. The van der Waals surface area contributed by atoms with Gasteiger partial charge in [-0.05, 0) is 30.3 Å². The van der Waals surface area contributed by atoms with Gasteiger partial charge in [0.05, 0.1) is 23.8 Å². The highest BCUT2D eigenvalue weighted by Gasteiger charge is 2.26. The number of benzene rings is 2. The summed E-state index contributed by atoms with van der Waals surface area (Å²) < 4.78 is 37.6. The Morgan fingerprint density at radius 3 is 2.53 bits per heavy atom. The Bertz CT molecular complexity index is 1020. The van der Waals surface area contributed by atoms with Crippen molar-refractivity contribution >= 4 is 33.2 Å². The summed E-state index contributed by atoms with van der Waals surface area (Å²) in [6.45, 7) is 2.36. The highest BCUT2D eigenvalue weighted by molar-refractivity contribution is 7.89. The average Bonchev–Trinajstić information content (AvgIpc) is 2.73. The van der Waals surface area contributed by atoms with E-state index in [2.05, 4.69) is 10.6 Å². The van der Waals surface area contributed by atoms with Crippen molar-refractivity contribution in [2.24, 2.45) is 0 Å². The molecule has 0 aliphatic carbocycles. The standard InChI is InChI=1S/C20H23N3O6S/c1-15(24)21-18-7-2-3-8-19(18)29-14-20(25)22-16-5-4-6-17(13-16)30(26,27)23-9-11-28-12-10-23/h2-8,13H,9-12,14H2,1H3,(H,21,24)(H,22,25). The number of carbonyl (C=O) groups is 2. The largest absolute Gasteiger partial charge is 0.482 e. The van der Waals surface area contributed by atoms with E-state index in [-0.39, 0.29) is 17.4 Å². The Morgan fingerprint density at radius 1 is 1.07 bits per heavy atom. The smallest absolute Gasteiger partial charge is 0.262 e. The maximum atomic E-state index is 12.8. The van der Waals surface area contributed by atoms with Crippen molar-refractivity contribution in [3.63, 3.8) is 0 Å². The number of para-hydroxylation sites is 2. The monoisotopic (exact) mass is 433 g/mol. The number of nitrogens with one attached hydrogen (secondary N) is 2. The van der Waals surface area contributed by atoms with Crippen LogP contribution in [0.15, 0.2) is 53.4 Å². The lowest BCUT2D eigenvalue weighted by molar-refractivity contribution is -0.118. The van der Waals surface area contributed by atoms with Gasteiger partial charge in [-0.3, -0.25) is 9.59 Å². The van der Waals surface area contributed by atoms with Crippen molar-refractivity contribution in [3.8, 4) is 5.75 Å². The minimum atomic E-state index is -3.66. The van der Waals surface area contributed by atoms with Gasteiger partial charge in [-0.2, -0.15) is 4.31 Å². The SMILES string of the molecule is CC(=O)Nc1ccccc1OCC(=O)Nc1cccc(S(=O)(=O)N2CCOCC2)c1. The second kappa shape index (κ2) is 9.70. The number of carbonyl (C=O) groups excluding carboxylic acids is 2. The van der Waals surface area contributed by atoms with Crippen molar-refractivity contribution in [1.29, 1.82) is 0 Å². The van der Waals surface area contributed by atoms with E-state index >= 15 is 0 Å². The van der Waals surface area contributed by atoms with Crippen LogP contribution in [-0.4, -0.2) is 57.4 Å². The van der Waals surface area contributed by atoms with E-state index in [9.17, 15) is 18.0 Å². The van der Waals surface area contributed by atoms with Gasteiger partial charge in [-0.25, -0.2) is 8.42 Å². The normalized spacial score (nSPS) is 14.7. The Kier molecular flexibility index (Phi) is 7.03. The maximum absolute atomic E-state index is 12.8. The molecule has 1 aliphatic rings. The van der Waals surface area contributed by atoms with E-state index in [0.717, 1.165) is 0 Å². The molecule has 160 valence electrons.